The van der Waals surface area contributed by atoms with Gasteiger partial charge in [0.05, 0.1) is 34.2 Å². The molecular formula is C51H45N12+3. The molecule has 10 aromatic rings. The summed E-state index contributed by atoms with van der Waals surface area (Å²) in [4.78, 5) is 27.3. The Labute approximate surface area is 365 Å². The maximum Gasteiger partial charge on any atom is 0.244 e. The molecule has 0 saturated carbocycles. The summed E-state index contributed by atoms with van der Waals surface area (Å²) in [7, 11) is 0. The molecule has 0 unspecified atom stereocenters. The van der Waals surface area contributed by atoms with E-state index in [0.29, 0.717) is 0 Å². The minimum Gasteiger partial charge on any atom is -0.255 e. The summed E-state index contributed by atoms with van der Waals surface area (Å²) in [6.07, 6.45) is 30.5. The molecule has 0 saturated heterocycles. The van der Waals surface area contributed by atoms with Crippen LogP contribution in [-0.4, -0.2) is 43.6 Å². The molecule has 0 radical (unpaired) electrons. The Balaban J connectivity index is 0.847. The molecule has 0 amide bonds. The molecule has 9 heterocycles. The Morgan fingerprint density at radius 1 is 0.333 bits per heavy atom. The first-order chi connectivity index (χ1) is 31.1. The van der Waals surface area contributed by atoms with Crippen molar-refractivity contribution in [3.8, 4) is 34.2 Å². The molecule has 0 aliphatic rings. The molecule has 0 aliphatic heterocycles. The van der Waals surface area contributed by atoms with Gasteiger partial charge in [-0.2, -0.15) is 0 Å². The number of nitrogens with zero attached hydrogens (tertiary/aromatic N) is 12. The molecule has 1 aromatic carbocycles. The van der Waals surface area contributed by atoms with E-state index < -0.39 is 0 Å². The summed E-state index contributed by atoms with van der Waals surface area (Å²) in [5.41, 5.74) is 12.3. The van der Waals surface area contributed by atoms with Crippen molar-refractivity contribution >= 4 is 0 Å². The lowest BCUT2D eigenvalue weighted by Crippen LogP contribution is -2.34. The summed E-state index contributed by atoms with van der Waals surface area (Å²) >= 11 is 0. The normalized spacial score (nSPS) is 11.2. The van der Waals surface area contributed by atoms with Gasteiger partial charge in [0.1, 0.15) is 76.4 Å². The highest BCUT2D eigenvalue weighted by molar-refractivity contribution is 5.55. The second-order valence-electron chi connectivity index (χ2n) is 15.7. The summed E-state index contributed by atoms with van der Waals surface area (Å²) in [5.74, 6) is 0. The lowest BCUT2D eigenvalue weighted by Gasteiger charge is -2.08. The number of imidazole rings is 3. The fraction of sp³-hybridized carbons (Fsp3) is 0.118. The van der Waals surface area contributed by atoms with E-state index in [9.17, 15) is 0 Å². The Kier molecular flexibility index (Phi) is 11.2. The maximum absolute atomic E-state index is 4.68. The molecule has 306 valence electrons. The maximum atomic E-state index is 4.68. The molecule has 0 atom stereocenters. The van der Waals surface area contributed by atoms with Crippen molar-refractivity contribution in [2.24, 2.45) is 0 Å². The highest BCUT2D eigenvalue weighted by Gasteiger charge is 2.14. The van der Waals surface area contributed by atoms with E-state index in [0.717, 1.165) is 90.1 Å². The van der Waals surface area contributed by atoms with Crippen LogP contribution in [0.3, 0.4) is 0 Å². The average molecular weight is 826 g/mol. The number of pyridine rings is 6. The molecular weight excluding hydrogens is 781 g/mol. The van der Waals surface area contributed by atoms with Gasteiger partial charge in [0, 0.05) is 53.9 Å². The third-order valence-corrected chi connectivity index (χ3v) is 10.8. The summed E-state index contributed by atoms with van der Waals surface area (Å²) < 4.78 is 13.3. The summed E-state index contributed by atoms with van der Waals surface area (Å²) in [6.45, 7) is 4.40. The van der Waals surface area contributed by atoms with E-state index in [-0.39, 0.29) is 0 Å². The van der Waals surface area contributed by atoms with E-state index in [2.05, 4.69) is 150 Å². The topological polar surface area (TPSA) is 104 Å². The molecule has 0 aliphatic carbocycles. The van der Waals surface area contributed by atoms with Gasteiger partial charge in [-0.3, -0.25) is 29.9 Å². The number of hydrogen-bond acceptors (Lipinski definition) is 6. The molecule has 9 aromatic heterocycles. The second kappa shape index (κ2) is 18.2. The summed E-state index contributed by atoms with van der Waals surface area (Å²) in [5, 5.41) is 0. The second-order valence-corrected chi connectivity index (χ2v) is 15.7. The van der Waals surface area contributed by atoms with Crippen LogP contribution in [-0.2, 0) is 39.3 Å². The van der Waals surface area contributed by atoms with Gasteiger partial charge in [-0.15, -0.1) is 0 Å². The van der Waals surface area contributed by atoms with Gasteiger partial charge in [0.2, 0.25) is 19.0 Å². The first-order valence-electron chi connectivity index (χ1n) is 21.0. The minimum absolute atomic E-state index is 0.726. The molecule has 12 heteroatoms. The largest absolute Gasteiger partial charge is 0.255 e. The Hall–Kier alpha value is -8.25. The number of aromatic nitrogens is 12. The van der Waals surface area contributed by atoms with Crippen molar-refractivity contribution < 1.29 is 13.7 Å². The predicted octanol–water partition coefficient (Wildman–Crippen LogP) is 6.61. The molecule has 0 spiro atoms. The van der Waals surface area contributed by atoms with Crippen LogP contribution >= 0.6 is 0 Å². The van der Waals surface area contributed by atoms with Crippen LogP contribution in [0.15, 0.2) is 203 Å². The van der Waals surface area contributed by atoms with E-state index in [1.165, 1.54) is 16.7 Å². The van der Waals surface area contributed by atoms with Gasteiger partial charge < -0.3 is 0 Å². The molecule has 0 N–H and O–H groups in total. The van der Waals surface area contributed by atoms with Crippen molar-refractivity contribution in [2.45, 2.75) is 39.3 Å². The third-order valence-electron chi connectivity index (χ3n) is 10.8. The quantitative estimate of drug-likeness (QED) is 0.108. The zero-order valence-electron chi connectivity index (χ0n) is 34.7. The fourth-order valence-corrected chi connectivity index (χ4v) is 7.81. The van der Waals surface area contributed by atoms with Crippen molar-refractivity contribution in [1.29, 1.82) is 0 Å². The standard InChI is InChI=1S/C51H45N12/c1-4-16-52-46(7-1)49-13-10-40(28-55-49)31-58-19-22-61(37-58)34-43-25-44(35-62-23-20-59(38-62)32-41-11-14-50(56-29-41)47-8-2-5-17-53-47)27-45(26-43)36-63-24-21-60(39-63)33-42-12-15-51(57-30-42)48-9-3-6-18-54-48/h1-30,37-39H,31-36H2/q+3. The SMILES string of the molecule is c1ccc(-c2ccc(Cn3cc[n+](Cc4cc(C[n+]5ccn(Cc6ccc(-c7ccccn7)nc6)c5)cc(C[n+]5ccn(Cc6ccc(-c7ccccn7)nc6)c5)c4)c3)cn2)nc1. The van der Waals surface area contributed by atoms with E-state index in [1.807, 2.05) is 91.4 Å². The number of rotatable bonds is 15. The summed E-state index contributed by atoms with van der Waals surface area (Å²) in [6, 6.07) is 37.1. The smallest absolute Gasteiger partial charge is 0.244 e. The Morgan fingerprint density at radius 2 is 0.651 bits per heavy atom. The Morgan fingerprint density at radius 3 is 0.921 bits per heavy atom. The van der Waals surface area contributed by atoms with Crippen molar-refractivity contribution in [3.05, 3.63) is 236 Å². The molecule has 63 heavy (non-hydrogen) atoms. The van der Waals surface area contributed by atoms with Crippen molar-refractivity contribution in [3.63, 3.8) is 0 Å². The average Bonchev–Trinajstić information content (AvgIpc) is 4.09. The van der Waals surface area contributed by atoms with Crippen LogP contribution in [0.25, 0.3) is 34.2 Å². The lowest BCUT2D eigenvalue weighted by atomic mass is 10.0. The van der Waals surface area contributed by atoms with Gasteiger partial charge in [0.15, 0.2) is 0 Å². The lowest BCUT2D eigenvalue weighted by molar-refractivity contribution is -0.689. The predicted molar refractivity (Wildman–Crippen MR) is 237 cm³/mol. The molecule has 10 rings (SSSR count). The fourth-order valence-electron chi connectivity index (χ4n) is 7.81. The Bertz CT molecular complexity index is 2690. The van der Waals surface area contributed by atoms with E-state index in [4.69, 9.17) is 0 Å². The third kappa shape index (κ3) is 9.87. The number of hydrogen-bond donors (Lipinski definition) is 0. The van der Waals surface area contributed by atoms with Gasteiger partial charge in [-0.1, -0.05) is 36.4 Å². The van der Waals surface area contributed by atoms with Crippen LogP contribution in [0, 0.1) is 0 Å². The highest BCUT2D eigenvalue weighted by Crippen LogP contribution is 2.17. The first-order valence-corrected chi connectivity index (χ1v) is 21.0. The molecule has 0 fully saturated rings. The highest BCUT2D eigenvalue weighted by atomic mass is 15.1. The van der Waals surface area contributed by atoms with E-state index >= 15 is 0 Å². The van der Waals surface area contributed by atoms with Crippen molar-refractivity contribution in [2.75, 3.05) is 0 Å². The monoisotopic (exact) mass is 825 g/mol. The van der Waals surface area contributed by atoms with Gasteiger partial charge >= 0.3 is 0 Å². The zero-order valence-corrected chi connectivity index (χ0v) is 34.7. The van der Waals surface area contributed by atoms with E-state index in [1.54, 1.807) is 18.6 Å². The van der Waals surface area contributed by atoms with Gasteiger partial charge in [-0.05, 0) is 89.5 Å². The van der Waals surface area contributed by atoms with Crippen LogP contribution in [0.1, 0.15) is 33.4 Å². The van der Waals surface area contributed by atoms with Crippen LogP contribution in [0.5, 0.6) is 0 Å². The van der Waals surface area contributed by atoms with Gasteiger partial charge in [0.25, 0.3) is 0 Å². The van der Waals surface area contributed by atoms with Gasteiger partial charge in [-0.25, -0.2) is 27.4 Å². The van der Waals surface area contributed by atoms with Crippen molar-refractivity contribution in [1.82, 2.24) is 43.6 Å². The molecule has 0 bridgehead atoms. The van der Waals surface area contributed by atoms with Crippen LogP contribution in [0.4, 0.5) is 0 Å². The first kappa shape index (κ1) is 38.9. The molecule has 12 nitrogen and oxygen atoms in total. The zero-order chi connectivity index (χ0) is 42.2. The van der Waals surface area contributed by atoms with Crippen LogP contribution < -0.4 is 13.7 Å². The number of benzene rings is 1. The minimum atomic E-state index is 0.726. The van der Waals surface area contributed by atoms with Crippen LogP contribution in [0.2, 0.25) is 0 Å².